The van der Waals surface area contributed by atoms with E-state index in [1.165, 1.54) is 5.39 Å². The summed E-state index contributed by atoms with van der Waals surface area (Å²) >= 11 is 0. The minimum absolute atomic E-state index is 0.643. The van der Waals surface area contributed by atoms with Crippen molar-refractivity contribution in [1.82, 2.24) is 15.0 Å². The highest BCUT2D eigenvalue weighted by Gasteiger charge is 2.02. The van der Waals surface area contributed by atoms with Crippen molar-refractivity contribution in [3.05, 3.63) is 60.3 Å². The topological polar surface area (TPSA) is 50.7 Å². The van der Waals surface area contributed by atoms with Crippen molar-refractivity contribution < 1.29 is 0 Å². The molecular formula is C15H14N4. The van der Waals surface area contributed by atoms with E-state index in [1.54, 1.807) is 6.20 Å². The summed E-state index contributed by atoms with van der Waals surface area (Å²) in [6.07, 6.45) is 3.59. The van der Waals surface area contributed by atoms with Gasteiger partial charge in [0.1, 0.15) is 11.6 Å². The van der Waals surface area contributed by atoms with Crippen molar-refractivity contribution in [2.75, 3.05) is 5.32 Å². The van der Waals surface area contributed by atoms with Crippen LogP contribution in [0.25, 0.3) is 10.8 Å². The van der Waals surface area contributed by atoms with E-state index in [0.717, 1.165) is 22.7 Å². The molecule has 0 aliphatic rings. The SMILES string of the molecule is Cc1nccc(CNc2nccc3ccccc23)n1. The third-order valence-corrected chi connectivity index (χ3v) is 2.94. The summed E-state index contributed by atoms with van der Waals surface area (Å²) in [5.41, 5.74) is 0.960. The number of nitrogens with zero attached hydrogens (tertiary/aromatic N) is 3. The molecule has 0 saturated carbocycles. The van der Waals surface area contributed by atoms with Crippen LogP contribution in [0.3, 0.4) is 0 Å². The molecule has 0 aliphatic carbocycles. The lowest BCUT2D eigenvalue weighted by Crippen LogP contribution is -2.04. The van der Waals surface area contributed by atoms with E-state index in [2.05, 4.69) is 32.4 Å². The summed E-state index contributed by atoms with van der Waals surface area (Å²) in [4.78, 5) is 12.8. The molecule has 2 aromatic heterocycles. The number of rotatable bonds is 3. The molecule has 0 saturated heterocycles. The maximum Gasteiger partial charge on any atom is 0.134 e. The monoisotopic (exact) mass is 250 g/mol. The maximum atomic E-state index is 4.39. The Morgan fingerprint density at radius 3 is 2.74 bits per heavy atom. The molecule has 0 unspecified atom stereocenters. The van der Waals surface area contributed by atoms with Gasteiger partial charge in [-0.15, -0.1) is 0 Å². The Morgan fingerprint density at radius 1 is 1.00 bits per heavy atom. The molecule has 2 heterocycles. The van der Waals surface area contributed by atoms with Crippen LogP contribution in [0.5, 0.6) is 0 Å². The van der Waals surface area contributed by atoms with Crippen LogP contribution in [-0.2, 0) is 6.54 Å². The number of nitrogens with one attached hydrogen (secondary N) is 1. The molecule has 0 fully saturated rings. The van der Waals surface area contributed by atoms with Gasteiger partial charge in [0, 0.05) is 17.8 Å². The van der Waals surface area contributed by atoms with Gasteiger partial charge in [-0.2, -0.15) is 0 Å². The Morgan fingerprint density at radius 2 is 1.84 bits per heavy atom. The first-order valence-corrected chi connectivity index (χ1v) is 6.19. The van der Waals surface area contributed by atoms with E-state index < -0.39 is 0 Å². The van der Waals surface area contributed by atoms with Gasteiger partial charge in [-0.05, 0) is 24.4 Å². The standard InChI is InChI=1S/C15H14N4/c1-11-16-9-7-13(19-11)10-18-15-14-5-3-2-4-12(14)6-8-17-15/h2-9H,10H2,1H3,(H,17,18). The normalized spacial score (nSPS) is 10.6. The van der Waals surface area contributed by atoms with E-state index in [1.807, 2.05) is 37.4 Å². The van der Waals surface area contributed by atoms with Gasteiger partial charge >= 0.3 is 0 Å². The van der Waals surface area contributed by atoms with Crippen molar-refractivity contribution >= 4 is 16.6 Å². The number of hydrogen-bond donors (Lipinski definition) is 1. The molecule has 3 aromatic rings. The summed E-state index contributed by atoms with van der Waals surface area (Å²) < 4.78 is 0. The first-order chi connectivity index (χ1) is 9.33. The van der Waals surface area contributed by atoms with Crippen molar-refractivity contribution in [3.8, 4) is 0 Å². The third-order valence-electron chi connectivity index (χ3n) is 2.94. The minimum atomic E-state index is 0.643. The number of fused-ring (bicyclic) bond motifs is 1. The van der Waals surface area contributed by atoms with Crippen LogP contribution < -0.4 is 5.32 Å². The Labute approximate surface area is 111 Å². The Hall–Kier alpha value is -2.49. The Kier molecular flexibility index (Phi) is 3.06. The van der Waals surface area contributed by atoms with Gasteiger partial charge in [0.2, 0.25) is 0 Å². The fourth-order valence-electron chi connectivity index (χ4n) is 2.04. The van der Waals surface area contributed by atoms with Gasteiger partial charge in [0.25, 0.3) is 0 Å². The van der Waals surface area contributed by atoms with E-state index in [9.17, 15) is 0 Å². The Bertz CT molecular complexity index is 704. The fraction of sp³-hybridized carbons (Fsp3) is 0.133. The summed E-state index contributed by atoms with van der Waals surface area (Å²) in [7, 11) is 0. The van der Waals surface area contributed by atoms with Crippen LogP contribution in [-0.4, -0.2) is 15.0 Å². The van der Waals surface area contributed by atoms with Crippen LogP contribution in [0.2, 0.25) is 0 Å². The molecule has 4 nitrogen and oxygen atoms in total. The number of aryl methyl sites for hydroxylation is 1. The smallest absolute Gasteiger partial charge is 0.134 e. The van der Waals surface area contributed by atoms with Crippen LogP contribution in [0.15, 0.2) is 48.8 Å². The fourth-order valence-corrected chi connectivity index (χ4v) is 2.04. The zero-order chi connectivity index (χ0) is 13.1. The average molecular weight is 250 g/mol. The van der Waals surface area contributed by atoms with Gasteiger partial charge < -0.3 is 5.32 Å². The molecule has 0 amide bonds. The summed E-state index contributed by atoms with van der Waals surface area (Å²) in [5.74, 6) is 1.67. The highest BCUT2D eigenvalue weighted by molar-refractivity contribution is 5.91. The first-order valence-electron chi connectivity index (χ1n) is 6.19. The van der Waals surface area contributed by atoms with E-state index in [4.69, 9.17) is 0 Å². The lowest BCUT2D eigenvalue weighted by atomic mass is 10.1. The van der Waals surface area contributed by atoms with Crippen LogP contribution in [0.1, 0.15) is 11.5 Å². The molecule has 1 aromatic carbocycles. The zero-order valence-electron chi connectivity index (χ0n) is 10.7. The van der Waals surface area contributed by atoms with Crippen LogP contribution in [0, 0.1) is 6.92 Å². The van der Waals surface area contributed by atoms with Crippen LogP contribution >= 0.6 is 0 Å². The molecule has 19 heavy (non-hydrogen) atoms. The highest BCUT2D eigenvalue weighted by atomic mass is 15.0. The van der Waals surface area contributed by atoms with Gasteiger partial charge in [-0.25, -0.2) is 15.0 Å². The lowest BCUT2D eigenvalue weighted by Gasteiger charge is -2.08. The number of anilines is 1. The lowest BCUT2D eigenvalue weighted by molar-refractivity contribution is 0.951. The van der Waals surface area contributed by atoms with Crippen molar-refractivity contribution in [2.45, 2.75) is 13.5 Å². The number of aromatic nitrogens is 3. The van der Waals surface area contributed by atoms with E-state index in [-0.39, 0.29) is 0 Å². The molecule has 0 atom stereocenters. The maximum absolute atomic E-state index is 4.39. The van der Waals surface area contributed by atoms with Gasteiger partial charge in [0.05, 0.1) is 12.2 Å². The molecule has 4 heteroatoms. The quantitative estimate of drug-likeness (QED) is 0.776. The van der Waals surface area contributed by atoms with E-state index >= 15 is 0 Å². The second kappa shape index (κ2) is 5.02. The third kappa shape index (κ3) is 2.52. The van der Waals surface area contributed by atoms with Crippen LogP contribution in [0.4, 0.5) is 5.82 Å². The first kappa shape index (κ1) is 11.6. The summed E-state index contributed by atoms with van der Waals surface area (Å²) in [6, 6.07) is 12.1. The molecule has 94 valence electrons. The zero-order valence-corrected chi connectivity index (χ0v) is 10.7. The molecular weight excluding hydrogens is 236 g/mol. The molecule has 0 aliphatic heterocycles. The van der Waals surface area contributed by atoms with Crippen molar-refractivity contribution in [1.29, 1.82) is 0 Å². The van der Waals surface area contributed by atoms with Gasteiger partial charge in [-0.3, -0.25) is 0 Å². The predicted octanol–water partition coefficient (Wildman–Crippen LogP) is 2.95. The largest absolute Gasteiger partial charge is 0.364 e. The molecule has 0 spiro atoms. The average Bonchev–Trinajstić information content (AvgIpc) is 2.45. The molecule has 0 bridgehead atoms. The highest BCUT2D eigenvalue weighted by Crippen LogP contribution is 2.20. The second-order valence-corrected chi connectivity index (χ2v) is 4.33. The van der Waals surface area contributed by atoms with Gasteiger partial charge in [0.15, 0.2) is 0 Å². The Balaban J connectivity index is 1.86. The summed E-state index contributed by atoms with van der Waals surface area (Å²) in [6.45, 7) is 2.53. The second-order valence-electron chi connectivity index (χ2n) is 4.33. The number of pyridine rings is 1. The van der Waals surface area contributed by atoms with E-state index in [0.29, 0.717) is 6.54 Å². The number of benzene rings is 1. The predicted molar refractivity (Wildman–Crippen MR) is 75.8 cm³/mol. The summed E-state index contributed by atoms with van der Waals surface area (Å²) in [5, 5.41) is 5.63. The molecule has 1 N–H and O–H groups in total. The van der Waals surface area contributed by atoms with Crippen molar-refractivity contribution in [3.63, 3.8) is 0 Å². The molecule has 0 radical (unpaired) electrons. The minimum Gasteiger partial charge on any atom is -0.364 e. The number of hydrogen-bond acceptors (Lipinski definition) is 4. The molecule has 3 rings (SSSR count). The van der Waals surface area contributed by atoms with Gasteiger partial charge in [-0.1, -0.05) is 24.3 Å². The van der Waals surface area contributed by atoms with Crippen molar-refractivity contribution in [2.24, 2.45) is 0 Å².